The van der Waals surface area contributed by atoms with Gasteiger partial charge in [-0.3, -0.25) is 14.5 Å². The number of carbonyl (C=O) groups is 2. The third-order valence-electron chi connectivity index (χ3n) is 2.81. The summed E-state index contributed by atoms with van der Waals surface area (Å²) in [4.78, 5) is 26.3. The Labute approximate surface area is 83.2 Å². The Morgan fingerprint density at radius 3 is 2.50 bits per heavy atom. The first-order valence-electron chi connectivity index (χ1n) is 4.92. The minimum Gasteiger partial charge on any atom is -0.304 e. The van der Waals surface area contributed by atoms with Crippen molar-refractivity contribution >= 4 is 11.8 Å². The van der Waals surface area contributed by atoms with Gasteiger partial charge < -0.3 is 4.90 Å². The highest BCUT2D eigenvalue weighted by atomic mass is 16.2. The Morgan fingerprint density at radius 1 is 1.29 bits per heavy atom. The summed E-state index contributed by atoms with van der Waals surface area (Å²) in [6.45, 7) is 1.86. The van der Waals surface area contributed by atoms with E-state index in [4.69, 9.17) is 0 Å². The predicted molar refractivity (Wildman–Crippen MR) is 51.5 cm³/mol. The molecule has 2 aliphatic rings. The number of hydrogen-bond donors (Lipinski definition) is 0. The molecule has 0 aromatic heterocycles. The molecular formula is C10H14N2O2. The lowest BCUT2D eigenvalue weighted by Crippen LogP contribution is -2.49. The fourth-order valence-corrected chi connectivity index (χ4v) is 2.12. The predicted octanol–water partition coefficient (Wildman–Crippen LogP) is 0.00560. The first kappa shape index (κ1) is 9.40. The van der Waals surface area contributed by atoms with Gasteiger partial charge in [0, 0.05) is 18.7 Å². The first-order chi connectivity index (χ1) is 6.68. The molecule has 1 fully saturated rings. The zero-order valence-corrected chi connectivity index (χ0v) is 8.27. The molecule has 2 amide bonds. The van der Waals surface area contributed by atoms with E-state index in [0.717, 1.165) is 25.9 Å². The maximum absolute atomic E-state index is 11.4. The number of amides is 2. The lowest BCUT2D eigenvalue weighted by Gasteiger charge is -2.34. The normalized spacial score (nSPS) is 28.9. The van der Waals surface area contributed by atoms with E-state index in [0.29, 0.717) is 0 Å². The van der Waals surface area contributed by atoms with Crippen LogP contribution >= 0.6 is 0 Å². The number of imide groups is 1. The lowest BCUT2D eigenvalue weighted by molar-refractivity contribution is -0.140. The maximum Gasteiger partial charge on any atom is 0.253 e. The van der Waals surface area contributed by atoms with Gasteiger partial charge in [-0.2, -0.15) is 0 Å². The molecule has 0 spiro atoms. The second-order valence-corrected chi connectivity index (χ2v) is 3.94. The van der Waals surface area contributed by atoms with Crippen LogP contribution in [0.5, 0.6) is 0 Å². The number of likely N-dealkylation sites (tertiary alicyclic amines) is 1. The molecule has 4 heteroatoms. The minimum atomic E-state index is -0.157. The Bertz CT molecular complexity index is 280. The largest absolute Gasteiger partial charge is 0.304 e. The number of nitrogens with zero attached hydrogens (tertiary/aromatic N) is 2. The van der Waals surface area contributed by atoms with Crippen LogP contribution in [0.25, 0.3) is 0 Å². The van der Waals surface area contributed by atoms with E-state index < -0.39 is 0 Å². The van der Waals surface area contributed by atoms with Gasteiger partial charge in [0.05, 0.1) is 6.04 Å². The van der Waals surface area contributed by atoms with Crippen molar-refractivity contribution in [1.82, 2.24) is 9.80 Å². The molecule has 2 rings (SSSR count). The van der Waals surface area contributed by atoms with Crippen LogP contribution in [0.1, 0.15) is 12.8 Å². The van der Waals surface area contributed by atoms with Crippen LogP contribution < -0.4 is 0 Å². The summed E-state index contributed by atoms with van der Waals surface area (Å²) in [5.74, 6) is -0.314. The third kappa shape index (κ3) is 1.57. The van der Waals surface area contributed by atoms with E-state index in [1.807, 2.05) is 7.05 Å². The van der Waals surface area contributed by atoms with E-state index in [1.165, 1.54) is 17.1 Å². The van der Waals surface area contributed by atoms with Crippen LogP contribution in [-0.4, -0.2) is 47.8 Å². The SMILES string of the molecule is CN1CCCC(N2C(=O)C=CC2=O)C1. The molecule has 0 bridgehead atoms. The molecule has 1 atom stereocenters. The standard InChI is InChI=1S/C10H14N2O2/c1-11-6-2-3-8(7-11)12-9(13)4-5-10(12)14/h4-5,8H,2-3,6-7H2,1H3. The van der Waals surface area contributed by atoms with E-state index >= 15 is 0 Å². The van der Waals surface area contributed by atoms with Crippen molar-refractivity contribution in [3.8, 4) is 0 Å². The highest BCUT2D eigenvalue weighted by molar-refractivity contribution is 6.13. The summed E-state index contributed by atoms with van der Waals surface area (Å²) in [5.41, 5.74) is 0. The van der Waals surface area contributed by atoms with Crippen molar-refractivity contribution in [2.45, 2.75) is 18.9 Å². The van der Waals surface area contributed by atoms with Gasteiger partial charge in [-0.15, -0.1) is 0 Å². The van der Waals surface area contributed by atoms with Crippen molar-refractivity contribution < 1.29 is 9.59 Å². The maximum atomic E-state index is 11.4. The van der Waals surface area contributed by atoms with E-state index in [9.17, 15) is 9.59 Å². The number of piperidine rings is 1. The summed E-state index contributed by atoms with van der Waals surface area (Å²) in [6.07, 6.45) is 4.70. The summed E-state index contributed by atoms with van der Waals surface area (Å²) in [6, 6.07) is 0.0729. The van der Waals surface area contributed by atoms with E-state index in [1.54, 1.807) is 0 Å². The molecule has 14 heavy (non-hydrogen) atoms. The summed E-state index contributed by atoms with van der Waals surface area (Å²) in [5, 5.41) is 0. The Hall–Kier alpha value is -1.16. The molecule has 2 heterocycles. The molecule has 2 aliphatic heterocycles. The molecule has 0 saturated carbocycles. The fraction of sp³-hybridized carbons (Fsp3) is 0.600. The van der Waals surface area contributed by atoms with Crippen LogP contribution in [0.3, 0.4) is 0 Å². The third-order valence-corrected chi connectivity index (χ3v) is 2.81. The summed E-state index contributed by atoms with van der Waals surface area (Å²) >= 11 is 0. The van der Waals surface area contributed by atoms with Crippen molar-refractivity contribution in [3.05, 3.63) is 12.2 Å². The second kappa shape index (κ2) is 3.53. The molecule has 0 aliphatic carbocycles. The zero-order chi connectivity index (χ0) is 10.1. The molecule has 76 valence electrons. The Kier molecular flexibility index (Phi) is 2.37. The van der Waals surface area contributed by atoms with Gasteiger partial charge in [-0.05, 0) is 26.4 Å². The van der Waals surface area contributed by atoms with Gasteiger partial charge in [0.1, 0.15) is 0 Å². The summed E-state index contributed by atoms with van der Waals surface area (Å²) < 4.78 is 0. The van der Waals surface area contributed by atoms with Crippen LogP contribution in [0.4, 0.5) is 0 Å². The van der Waals surface area contributed by atoms with E-state index in [-0.39, 0.29) is 17.9 Å². The number of hydrogen-bond acceptors (Lipinski definition) is 3. The van der Waals surface area contributed by atoms with Crippen molar-refractivity contribution in [2.75, 3.05) is 20.1 Å². The van der Waals surface area contributed by atoms with Crippen LogP contribution in [-0.2, 0) is 9.59 Å². The smallest absolute Gasteiger partial charge is 0.253 e. The monoisotopic (exact) mass is 194 g/mol. The van der Waals surface area contributed by atoms with Crippen molar-refractivity contribution in [2.24, 2.45) is 0 Å². The van der Waals surface area contributed by atoms with Crippen LogP contribution in [0, 0.1) is 0 Å². The molecule has 0 N–H and O–H groups in total. The van der Waals surface area contributed by atoms with Gasteiger partial charge in [0.15, 0.2) is 0 Å². The zero-order valence-electron chi connectivity index (χ0n) is 8.27. The number of carbonyl (C=O) groups excluding carboxylic acids is 2. The lowest BCUT2D eigenvalue weighted by atomic mass is 10.1. The fourth-order valence-electron chi connectivity index (χ4n) is 2.12. The molecular weight excluding hydrogens is 180 g/mol. The number of likely N-dealkylation sites (N-methyl/N-ethyl adjacent to an activating group) is 1. The highest BCUT2D eigenvalue weighted by Gasteiger charge is 2.32. The number of rotatable bonds is 1. The van der Waals surface area contributed by atoms with Crippen molar-refractivity contribution in [3.63, 3.8) is 0 Å². The van der Waals surface area contributed by atoms with Crippen LogP contribution in [0.2, 0.25) is 0 Å². The van der Waals surface area contributed by atoms with Gasteiger partial charge in [0.25, 0.3) is 11.8 Å². The minimum absolute atomic E-state index is 0.0729. The Balaban J connectivity index is 2.07. The molecule has 0 aromatic rings. The first-order valence-corrected chi connectivity index (χ1v) is 4.92. The van der Waals surface area contributed by atoms with Gasteiger partial charge in [-0.25, -0.2) is 0 Å². The van der Waals surface area contributed by atoms with Gasteiger partial charge in [0.2, 0.25) is 0 Å². The molecule has 4 nitrogen and oxygen atoms in total. The Morgan fingerprint density at radius 2 is 1.93 bits per heavy atom. The molecule has 1 saturated heterocycles. The summed E-state index contributed by atoms with van der Waals surface area (Å²) in [7, 11) is 2.02. The molecule has 0 aromatic carbocycles. The van der Waals surface area contributed by atoms with E-state index in [2.05, 4.69) is 4.90 Å². The van der Waals surface area contributed by atoms with Crippen molar-refractivity contribution in [1.29, 1.82) is 0 Å². The quantitative estimate of drug-likeness (QED) is 0.552. The second-order valence-electron chi connectivity index (χ2n) is 3.94. The average Bonchev–Trinajstić information content (AvgIpc) is 2.46. The molecule has 1 unspecified atom stereocenters. The molecule has 0 radical (unpaired) electrons. The van der Waals surface area contributed by atoms with Crippen LogP contribution in [0.15, 0.2) is 12.2 Å². The highest BCUT2D eigenvalue weighted by Crippen LogP contribution is 2.18. The average molecular weight is 194 g/mol. The topological polar surface area (TPSA) is 40.6 Å². The van der Waals surface area contributed by atoms with Gasteiger partial charge in [-0.1, -0.05) is 0 Å². The van der Waals surface area contributed by atoms with Gasteiger partial charge >= 0.3 is 0 Å².